The van der Waals surface area contributed by atoms with E-state index in [9.17, 15) is 9.59 Å². The number of hydrogen-bond acceptors (Lipinski definition) is 2. The number of aliphatic carboxylic acids is 1. The molecular formula is C16H28N2O3. The summed E-state index contributed by atoms with van der Waals surface area (Å²) in [5, 5.41) is 12.0. The minimum absolute atomic E-state index is 0.0233. The van der Waals surface area contributed by atoms with E-state index < -0.39 is 5.97 Å². The highest BCUT2D eigenvalue weighted by Gasteiger charge is 2.39. The summed E-state index contributed by atoms with van der Waals surface area (Å²) in [7, 11) is 0. The monoisotopic (exact) mass is 296 g/mol. The van der Waals surface area contributed by atoms with Crippen molar-refractivity contribution in [2.24, 2.45) is 10.8 Å². The third-order valence-electron chi connectivity index (χ3n) is 5.67. The molecule has 0 bridgehead atoms. The van der Waals surface area contributed by atoms with Crippen molar-refractivity contribution < 1.29 is 14.7 Å². The molecule has 5 heteroatoms. The second kappa shape index (κ2) is 6.24. The molecule has 1 saturated heterocycles. The third-order valence-corrected chi connectivity index (χ3v) is 5.67. The predicted octanol–water partition coefficient (Wildman–Crippen LogP) is 2.85. The minimum Gasteiger partial charge on any atom is -0.481 e. The minimum atomic E-state index is -0.763. The lowest BCUT2D eigenvalue weighted by atomic mass is 9.66. The van der Waals surface area contributed by atoms with Crippen LogP contribution in [0.1, 0.15) is 58.8 Å². The van der Waals surface area contributed by atoms with Crippen LogP contribution in [0.2, 0.25) is 0 Å². The van der Waals surface area contributed by atoms with E-state index in [2.05, 4.69) is 19.2 Å². The van der Waals surface area contributed by atoms with Crippen molar-refractivity contribution in [1.82, 2.24) is 10.2 Å². The Morgan fingerprint density at radius 1 is 1.19 bits per heavy atom. The fraction of sp³-hybridized carbons (Fsp3) is 0.875. The molecular weight excluding hydrogens is 268 g/mol. The lowest BCUT2D eigenvalue weighted by Gasteiger charge is -2.42. The van der Waals surface area contributed by atoms with Gasteiger partial charge in [0, 0.05) is 19.6 Å². The smallest absolute Gasteiger partial charge is 0.317 e. The molecule has 2 fully saturated rings. The Labute approximate surface area is 127 Å². The number of likely N-dealkylation sites (tertiary alicyclic amines) is 1. The number of carboxylic acids is 1. The molecule has 1 heterocycles. The van der Waals surface area contributed by atoms with Crippen LogP contribution in [-0.4, -0.2) is 41.6 Å². The fourth-order valence-electron chi connectivity index (χ4n) is 3.39. The molecule has 21 heavy (non-hydrogen) atoms. The van der Waals surface area contributed by atoms with E-state index in [-0.39, 0.29) is 17.9 Å². The van der Waals surface area contributed by atoms with Gasteiger partial charge in [0.2, 0.25) is 0 Å². The molecule has 0 spiro atoms. The normalized spacial score (nSPS) is 23.2. The summed E-state index contributed by atoms with van der Waals surface area (Å²) in [6.07, 6.45) is 6.32. The van der Waals surface area contributed by atoms with E-state index >= 15 is 0 Å². The van der Waals surface area contributed by atoms with Crippen molar-refractivity contribution in [2.45, 2.75) is 58.8 Å². The molecule has 5 nitrogen and oxygen atoms in total. The van der Waals surface area contributed by atoms with Crippen LogP contribution in [-0.2, 0) is 4.79 Å². The summed E-state index contributed by atoms with van der Waals surface area (Å²) in [4.78, 5) is 25.1. The highest BCUT2D eigenvalue weighted by Crippen LogP contribution is 2.43. The molecule has 2 N–H and O–H groups in total. The quantitative estimate of drug-likeness (QED) is 0.819. The van der Waals surface area contributed by atoms with Gasteiger partial charge in [0.05, 0.1) is 6.42 Å². The first-order valence-electron chi connectivity index (χ1n) is 8.13. The SMILES string of the molecule is CCC1(C)CCN(C(=O)NCC2(CC(=O)O)CCC2)CC1. The van der Waals surface area contributed by atoms with Gasteiger partial charge in [-0.25, -0.2) is 4.79 Å². The maximum absolute atomic E-state index is 12.2. The summed E-state index contributed by atoms with van der Waals surface area (Å²) in [6.45, 7) is 6.62. The van der Waals surface area contributed by atoms with Gasteiger partial charge in [0.1, 0.15) is 0 Å². The number of rotatable bonds is 5. The Morgan fingerprint density at radius 3 is 2.24 bits per heavy atom. The standard InChI is InChI=1S/C16H28N2O3/c1-3-15(2)7-9-18(10-8-15)14(21)17-12-16(5-4-6-16)11-13(19)20/h3-12H2,1-2H3,(H,17,21)(H,19,20). The number of carbonyl (C=O) groups excluding carboxylic acids is 1. The molecule has 0 aromatic carbocycles. The third kappa shape index (κ3) is 3.89. The van der Waals surface area contributed by atoms with Gasteiger partial charge < -0.3 is 15.3 Å². The molecule has 2 amide bonds. The van der Waals surface area contributed by atoms with Crippen molar-refractivity contribution in [3.05, 3.63) is 0 Å². The Morgan fingerprint density at radius 2 is 1.81 bits per heavy atom. The van der Waals surface area contributed by atoms with E-state index in [1.165, 1.54) is 0 Å². The van der Waals surface area contributed by atoms with Crippen LogP contribution in [0, 0.1) is 10.8 Å². The second-order valence-electron chi connectivity index (χ2n) is 7.23. The molecule has 120 valence electrons. The summed E-state index contributed by atoms with van der Waals surface area (Å²) in [5.41, 5.74) is 0.171. The van der Waals surface area contributed by atoms with Crippen molar-refractivity contribution in [3.63, 3.8) is 0 Å². The molecule has 0 aromatic rings. The Bertz CT molecular complexity index is 396. The van der Waals surface area contributed by atoms with Gasteiger partial charge in [-0.2, -0.15) is 0 Å². The topological polar surface area (TPSA) is 69.6 Å². The van der Waals surface area contributed by atoms with Gasteiger partial charge in [0.15, 0.2) is 0 Å². The molecule has 0 atom stereocenters. The molecule has 0 aromatic heterocycles. The van der Waals surface area contributed by atoms with Gasteiger partial charge in [-0.05, 0) is 36.5 Å². The molecule has 2 rings (SSSR count). The maximum Gasteiger partial charge on any atom is 0.317 e. The van der Waals surface area contributed by atoms with Crippen LogP contribution in [0.3, 0.4) is 0 Å². The van der Waals surface area contributed by atoms with Gasteiger partial charge >= 0.3 is 12.0 Å². The number of piperidine rings is 1. The summed E-state index contributed by atoms with van der Waals surface area (Å²) in [5.74, 6) is -0.763. The van der Waals surface area contributed by atoms with Gasteiger partial charge in [0.25, 0.3) is 0 Å². The van der Waals surface area contributed by atoms with Gasteiger partial charge in [-0.1, -0.05) is 26.7 Å². The number of nitrogens with zero attached hydrogens (tertiary/aromatic N) is 1. The lowest BCUT2D eigenvalue weighted by molar-refractivity contribution is -0.141. The lowest BCUT2D eigenvalue weighted by Crippen LogP contribution is -2.50. The highest BCUT2D eigenvalue weighted by molar-refractivity contribution is 5.74. The van der Waals surface area contributed by atoms with Crippen LogP contribution in [0.25, 0.3) is 0 Å². The molecule has 1 saturated carbocycles. The van der Waals surface area contributed by atoms with E-state index in [4.69, 9.17) is 5.11 Å². The van der Waals surface area contributed by atoms with Crippen LogP contribution < -0.4 is 5.32 Å². The molecule has 2 aliphatic rings. The second-order valence-corrected chi connectivity index (χ2v) is 7.23. The molecule has 1 aliphatic carbocycles. The first kappa shape index (κ1) is 16.1. The summed E-state index contributed by atoms with van der Waals surface area (Å²) < 4.78 is 0. The number of amides is 2. The highest BCUT2D eigenvalue weighted by atomic mass is 16.4. The zero-order valence-corrected chi connectivity index (χ0v) is 13.3. The van der Waals surface area contributed by atoms with Crippen LogP contribution in [0.5, 0.6) is 0 Å². The number of hydrogen-bond donors (Lipinski definition) is 2. The van der Waals surface area contributed by atoms with Crippen molar-refractivity contribution in [3.8, 4) is 0 Å². The van der Waals surface area contributed by atoms with Gasteiger partial charge in [-0.3, -0.25) is 4.79 Å². The number of urea groups is 1. The summed E-state index contributed by atoms with van der Waals surface area (Å²) in [6, 6.07) is -0.0233. The van der Waals surface area contributed by atoms with Crippen molar-refractivity contribution in [1.29, 1.82) is 0 Å². The number of nitrogens with one attached hydrogen (secondary N) is 1. The van der Waals surface area contributed by atoms with E-state index in [1.54, 1.807) is 0 Å². The Kier molecular flexibility index (Phi) is 4.79. The zero-order valence-electron chi connectivity index (χ0n) is 13.3. The Hall–Kier alpha value is -1.26. The van der Waals surface area contributed by atoms with Crippen molar-refractivity contribution >= 4 is 12.0 Å². The van der Waals surface area contributed by atoms with Gasteiger partial charge in [-0.15, -0.1) is 0 Å². The molecule has 0 radical (unpaired) electrons. The first-order valence-corrected chi connectivity index (χ1v) is 8.13. The maximum atomic E-state index is 12.2. The Balaban J connectivity index is 1.79. The number of carboxylic acid groups (broad SMARTS) is 1. The zero-order chi connectivity index (χ0) is 15.5. The summed E-state index contributed by atoms with van der Waals surface area (Å²) >= 11 is 0. The average Bonchev–Trinajstić information content (AvgIpc) is 2.41. The largest absolute Gasteiger partial charge is 0.481 e. The van der Waals surface area contributed by atoms with Crippen molar-refractivity contribution in [2.75, 3.05) is 19.6 Å². The predicted molar refractivity (Wildman–Crippen MR) is 81.1 cm³/mol. The number of carbonyl (C=O) groups is 2. The molecule has 0 unspecified atom stereocenters. The fourth-order valence-corrected chi connectivity index (χ4v) is 3.39. The van der Waals surface area contributed by atoms with Crippen LogP contribution >= 0.6 is 0 Å². The van der Waals surface area contributed by atoms with Crippen LogP contribution in [0.4, 0.5) is 4.79 Å². The average molecular weight is 296 g/mol. The van der Waals surface area contributed by atoms with E-state index in [0.29, 0.717) is 12.0 Å². The van der Waals surface area contributed by atoms with E-state index in [1.807, 2.05) is 4.90 Å². The van der Waals surface area contributed by atoms with Crippen LogP contribution in [0.15, 0.2) is 0 Å². The van der Waals surface area contributed by atoms with E-state index in [0.717, 1.165) is 51.6 Å². The first-order chi connectivity index (χ1) is 9.88. The molecule has 1 aliphatic heterocycles.